The van der Waals surface area contributed by atoms with Crippen LogP contribution in [-0.2, 0) is 14.3 Å². The van der Waals surface area contributed by atoms with E-state index in [4.69, 9.17) is 14.6 Å². The molecule has 0 spiro atoms. The van der Waals surface area contributed by atoms with Crippen LogP contribution in [0.3, 0.4) is 0 Å². The maximum Gasteiger partial charge on any atom is 0.347 e. The Morgan fingerprint density at radius 3 is 2.58 bits per heavy atom. The van der Waals surface area contributed by atoms with Gasteiger partial charge in [-0.2, -0.15) is 0 Å². The lowest BCUT2D eigenvalue weighted by Gasteiger charge is -2.43. The highest BCUT2D eigenvalue weighted by atomic mass is 16.6. The molecule has 0 aliphatic heterocycles. The number of aliphatic hydroxyl groups is 3. The van der Waals surface area contributed by atoms with Crippen molar-refractivity contribution in [2.75, 3.05) is 0 Å². The molecule has 3 rings (SSSR count). The van der Waals surface area contributed by atoms with E-state index < -0.39 is 48.9 Å². The third-order valence-electron chi connectivity index (χ3n) is 7.89. The predicted octanol–water partition coefficient (Wildman–Crippen LogP) is 3.87. The molecule has 1 aromatic carbocycles. The van der Waals surface area contributed by atoms with E-state index in [1.165, 1.54) is 0 Å². The molecule has 0 saturated carbocycles. The van der Waals surface area contributed by atoms with Crippen LogP contribution in [0.15, 0.2) is 42.0 Å². The minimum absolute atomic E-state index is 0.0123. The van der Waals surface area contributed by atoms with Gasteiger partial charge in [-0.1, -0.05) is 44.2 Å². The number of ether oxygens (including phenoxy) is 2. The maximum absolute atomic E-state index is 13.3. The zero-order chi connectivity index (χ0) is 28.0. The number of esters is 1. The Morgan fingerprint density at radius 2 is 1.89 bits per heavy atom. The number of carbonyl (C=O) groups excluding carboxylic acids is 1. The molecule has 8 heteroatoms. The first kappa shape index (κ1) is 29.9. The van der Waals surface area contributed by atoms with Crippen LogP contribution in [0.2, 0.25) is 0 Å². The second kappa shape index (κ2) is 13.4. The van der Waals surface area contributed by atoms with Crippen LogP contribution in [-0.4, -0.2) is 62.9 Å². The molecule has 0 bridgehead atoms. The maximum atomic E-state index is 13.3. The fraction of sp³-hybridized carbons (Fsp3) is 0.600. The van der Waals surface area contributed by atoms with E-state index in [2.05, 4.69) is 13.0 Å². The summed E-state index contributed by atoms with van der Waals surface area (Å²) in [7, 11) is 0. The van der Waals surface area contributed by atoms with Crippen LogP contribution in [0.5, 0.6) is 5.75 Å². The minimum Gasteiger partial charge on any atom is -0.481 e. The van der Waals surface area contributed by atoms with Crippen molar-refractivity contribution in [1.29, 1.82) is 0 Å². The zero-order valence-electron chi connectivity index (χ0n) is 22.7. The summed E-state index contributed by atoms with van der Waals surface area (Å²) in [5, 5.41) is 39.7. The monoisotopic (exact) mass is 530 g/mol. The summed E-state index contributed by atoms with van der Waals surface area (Å²) in [6.45, 7) is 7.88. The molecule has 2 aliphatic rings. The lowest BCUT2D eigenvalue weighted by atomic mass is 9.66. The van der Waals surface area contributed by atoms with E-state index in [9.17, 15) is 24.9 Å². The highest BCUT2D eigenvalue weighted by Gasteiger charge is 2.42. The Labute approximate surface area is 225 Å². The molecule has 1 aromatic rings. The Balaban J connectivity index is 1.72. The van der Waals surface area contributed by atoms with Gasteiger partial charge in [0.2, 0.25) is 0 Å². The molecule has 0 amide bonds. The first-order chi connectivity index (χ1) is 18.0. The van der Waals surface area contributed by atoms with E-state index >= 15 is 0 Å². The smallest absolute Gasteiger partial charge is 0.347 e. The van der Waals surface area contributed by atoms with E-state index in [0.717, 1.165) is 16.7 Å². The highest BCUT2D eigenvalue weighted by Crippen LogP contribution is 2.44. The standard InChI is InChI=1S/C30H42O8/c1-5-25(37-26-8-6-7-17(2)19(26)4)30(36)38-27-15-22(32)13-20-10-9-18(3)24(29(20)27)12-11-21(31)14-23(33)16-28(34)35/h6-10,13,18,21-25,27,29,31-33H,5,11-12,14-16H2,1-4H3,(H,34,35)/t18-,21-,22-,23-,24+,25+,27+,29+/m1/s1. The summed E-state index contributed by atoms with van der Waals surface area (Å²) in [5.41, 5.74) is 2.95. The number of hydrogen-bond acceptors (Lipinski definition) is 7. The molecule has 4 N–H and O–H groups in total. The summed E-state index contributed by atoms with van der Waals surface area (Å²) in [6.07, 6.45) is 3.07. The molecule has 210 valence electrons. The van der Waals surface area contributed by atoms with Gasteiger partial charge in [-0.3, -0.25) is 4.79 Å². The number of fused-ring (bicyclic) bond motifs is 1. The number of aryl methyl sites for hydroxylation is 1. The summed E-state index contributed by atoms with van der Waals surface area (Å²) in [4.78, 5) is 24.1. The van der Waals surface area contributed by atoms with E-state index in [1.807, 2.05) is 45.0 Å². The average Bonchev–Trinajstić information content (AvgIpc) is 2.83. The number of hydrogen-bond donors (Lipinski definition) is 4. The second-order valence-electron chi connectivity index (χ2n) is 10.8. The van der Waals surface area contributed by atoms with Gasteiger partial charge in [-0.25, -0.2) is 4.79 Å². The van der Waals surface area contributed by atoms with Crippen molar-refractivity contribution in [2.24, 2.45) is 17.8 Å². The van der Waals surface area contributed by atoms with Gasteiger partial charge in [0.1, 0.15) is 11.9 Å². The van der Waals surface area contributed by atoms with Gasteiger partial charge in [0, 0.05) is 12.3 Å². The van der Waals surface area contributed by atoms with Crippen molar-refractivity contribution < 1.29 is 39.5 Å². The lowest BCUT2D eigenvalue weighted by molar-refractivity contribution is -0.163. The average molecular weight is 531 g/mol. The fourth-order valence-corrected chi connectivity index (χ4v) is 5.62. The molecule has 8 atom stereocenters. The van der Waals surface area contributed by atoms with E-state index in [1.54, 1.807) is 6.08 Å². The molecular weight excluding hydrogens is 488 g/mol. The van der Waals surface area contributed by atoms with Gasteiger partial charge in [-0.05, 0) is 74.1 Å². The molecule has 8 nitrogen and oxygen atoms in total. The summed E-state index contributed by atoms with van der Waals surface area (Å²) in [5.74, 6) is -0.922. The molecule has 0 heterocycles. The normalized spacial score (nSPS) is 27.0. The first-order valence-electron chi connectivity index (χ1n) is 13.6. The van der Waals surface area contributed by atoms with Crippen LogP contribution < -0.4 is 4.74 Å². The van der Waals surface area contributed by atoms with Crippen LogP contribution in [0, 0.1) is 31.6 Å². The number of allylic oxidation sites excluding steroid dienone is 2. The Hall–Kier alpha value is -2.68. The third kappa shape index (κ3) is 7.68. The quantitative estimate of drug-likeness (QED) is 0.299. The molecule has 0 aromatic heterocycles. The molecule has 0 unspecified atom stereocenters. The Kier molecular flexibility index (Phi) is 10.5. The number of aliphatic carboxylic acids is 1. The van der Waals surface area contributed by atoms with Crippen molar-refractivity contribution in [3.8, 4) is 5.75 Å². The van der Waals surface area contributed by atoms with Crippen LogP contribution in [0.1, 0.15) is 63.5 Å². The summed E-state index contributed by atoms with van der Waals surface area (Å²) >= 11 is 0. The van der Waals surface area contributed by atoms with E-state index in [0.29, 0.717) is 25.0 Å². The van der Waals surface area contributed by atoms with Gasteiger partial charge < -0.3 is 29.9 Å². The number of rotatable bonds is 12. The van der Waals surface area contributed by atoms with Gasteiger partial charge >= 0.3 is 11.9 Å². The Bertz CT molecular complexity index is 1030. The summed E-state index contributed by atoms with van der Waals surface area (Å²) in [6, 6.07) is 5.71. The number of carbonyl (C=O) groups is 2. The van der Waals surface area contributed by atoms with Crippen LogP contribution >= 0.6 is 0 Å². The van der Waals surface area contributed by atoms with Gasteiger partial charge in [0.05, 0.1) is 24.7 Å². The van der Waals surface area contributed by atoms with E-state index in [-0.39, 0.29) is 30.6 Å². The number of carboxylic acid groups (broad SMARTS) is 1. The largest absolute Gasteiger partial charge is 0.481 e. The van der Waals surface area contributed by atoms with Crippen molar-refractivity contribution in [3.05, 3.63) is 53.1 Å². The summed E-state index contributed by atoms with van der Waals surface area (Å²) < 4.78 is 12.1. The van der Waals surface area contributed by atoms with Gasteiger partial charge in [0.15, 0.2) is 6.10 Å². The van der Waals surface area contributed by atoms with Gasteiger partial charge in [0.25, 0.3) is 0 Å². The van der Waals surface area contributed by atoms with Crippen molar-refractivity contribution in [1.82, 2.24) is 0 Å². The number of carboxylic acids is 1. The van der Waals surface area contributed by atoms with Crippen molar-refractivity contribution in [3.63, 3.8) is 0 Å². The second-order valence-corrected chi connectivity index (χ2v) is 10.8. The molecule has 38 heavy (non-hydrogen) atoms. The highest BCUT2D eigenvalue weighted by molar-refractivity contribution is 5.75. The van der Waals surface area contributed by atoms with Crippen molar-refractivity contribution in [2.45, 2.75) is 96.7 Å². The first-order valence-corrected chi connectivity index (χ1v) is 13.6. The lowest BCUT2D eigenvalue weighted by Crippen LogP contribution is -2.44. The fourth-order valence-electron chi connectivity index (χ4n) is 5.62. The molecule has 2 aliphatic carbocycles. The molecule has 0 saturated heterocycles. The third-order valence-corrected chi connectivity index (χ3v) is 7.89. The SMILES string of the molecule is CC[C@H](Oc1cccc(C)c1C)C(=O)O[C@H]1C[C@H](O)C=C2C=C[C@@H](C)[C@H](CC[C@@H](O)C[C@@H](O)CC(=O)O)[C@H]21. The molecule has 0 fully saturated rings. The molecular formula is C30H42O8. The number of aliphatic hydroxyl groups excluding tert-OH is 3. The minimum atomic E-state index is -1.11. The van der Waals surface area contributed by atoms with Gasteiger partial charge in [-0.15, -0.1) is 0 Å². The molecule has 0 radical (unpaired) electrons. The van der Waals surface area contributed by atoms with Crippen LogP contribution in [0.4, 0.5) is 0 Å². The number of benzene rings is 1. The Morgan fingerprint density at radius 1 is 1.16 bits per heavy atom. The zero-order valence-corrected chi connectivity index (χ0v) is 22.7. The predicted molar refractivity (Wildman–Crippen MR) is 143 cm³/mol. The topological polar surface area (TPSA) is 134 Å². The van der Waals surface area contributed by atoms with Crippen molar-refractivity contribution >= 4 is 11.9 Å². The van der Waals surface area contributed by atoms with Crippen LogP contribution in [0.25, 0.3) is 0 Å².